The summed E-state index contributed by atoms with van der Waals surface area (Å²) in [5.41, 5.74) is 3.98. The zero-order valence-corrected chi connectivity index (χ0v) is 18.4. The van der Waals surface area contributed by atoms with Crippen LogP contribution in [0.25, 0.3) is 22.1 Å². The Balaban J connectivity index is 1.69. The van der Waals surface area contributed by atoms with Crippen LogP contribution < -0.4 is 10.6 Å². The normalized spacial score (nSPS) is 14.8. The molecule has 1 saturated heterocycles. The first kappa shape index (κ1) is 20.6. The molecular formula is C22H21ClN6O3. The molecule has 0 saturated carbocycles. The van der Waals surface area contributed by atoms with Gasteiger partial charge in [0.2, 0.25) is 0 Å². The summed E-state index contributed by atoms with van der Waals surface area (Å²) in [5.74, 6) is 0.329. The van der Waals surface area contributed by atoms with Crippen molar-refractivity contribution in [3.05, 3.63) is 52.8 Å². The largest absolute Gasteiger partial charge is 0.381 e. The van der Waals surface area contributed by atoms with E-state index < -0.39 is 5.37 Å². The molecule has 0 bridgehead atoms. The molecule has 1 amide bonds. The number of halogens is 1. The summed E-state index contributed by atoms with van der Waals surface area (Å²) in [6, 6.07) is 5.38. The minimum Gasteiger partial charge on any atom is -0.381 e. The van der Waals surface area contributed by atoms with E-state index in [9.17, 15) is 9.59 Å². The van der Waals surface area contributed by atoms with Gasteiger partial charge in [0.25, 0.3) is 0 Å². The van der Waals surface area contributed by atoms with Crippen LogP contribution in [0.3, 0.4) is 0 Å². The van der Waals surface area contributed by atoms with E-state index in [4.69, 9.17) is 16.3 Å². The SMILES string of the molecule is Cc1cc2nccnc2cc1N(C(=O)Cl)c1cc2c(cn1)n(C)c(=O)n2C1CCOCC1. The summed E-state index contributed by atoms with van der Waals surface area (Å²) >= 11 is 6.03. The molecule has 1 aliphatic heterocycles. The summed E-state index contributed by atoms with van der Waals surface area (Å²) in [6.45, 7) is 3.08. The molecule has 164 valence electrons. The number of nitrogens with zero attached hydrogens (tertiary/aromatic N) is 6. The molecule has 1 fully saturated rings. The van der Waals surface area contributed by atoms with Crippen molar-refractivity contribution in [1.82, 2.24) is 24.1 Å². The fourth-order valence-corrected chi connectivity index (χ4v) is 4.50. The van der Waals surface area contributed by atoms with Crippen LogP contribution in [0.5, 0.6) is 0 Å². The van der Waals surface area contributed by atoms with E-state index in [1.54, 1.807) is 46.9 Å². The van der Waals surface area contributed by atoms with E-state index >= 15 is 0 Å². The highest BCUT2D eigenvalue weighted by atomic mass is 35.5. The molecule has 1 aliphatic rings. The van der Waals surface area contributed by atoms with Crippen LogP contribution in [0.15, 0.2) is 41.6 Å². The number of ether oxygens (including phenoxy) is 1. The average molecular weight is 453 g/mol. The topological polar surface area (TPSA) is 95.1 Å². The molecule has 5 rings (SSSR count). The summed E-state index contributed by atoms with van der Waals surface area (Å²) in [5, 5.41) is -0.709. The van der Waals surface area contributed by atoms with E-state index in [-0.39, 0.29) is 11.7 Å². The average Bonchev–Trinajstić information content (AvgIpc) is 3.04. The van der Waals surface area contributed by atoms with Crippen molar-refractivity contribution in [2.75, 3.05) is 18.1 Å². The van der Waals surface area contributed by atoms with Crippen molar-refractivity contribution in [2.45, 2.75) is 25.8 Å². The Morgan fingerprint density at radius 1 is 1.09 bits per heavy atom. The van der Waals surface area contributed by atoms with E-state index in [1.165, 1.54) is 4.90 Å². The number of imidazole rings is 1. The van der Waals surface area contributed by atoms with Crippen LogP contribution in [0.1, 0.15) is 24.4 Å². The lowest BCUT2D eigenvalue weighted by Gasteiger charge is -2.24. The quantitative estimate of drug-likeness (QED) is 0.346. The van der Waals surface area contributed by atoms with Gasteiger partial charge in [0.05, 0.1) is 34.0 Å². The van der Waals surface area contributed by atoms with Crippen LogP contribution in [0.2, 0.25) is 0 Å². The van der Waals surface area contributed by atoms with Crippen molar-refractivity contribution in [3.63, 3.8) is 0 Å². The first-order valence-corrected chi connectivity index (χ1v) is 10.7. The van der Waals surface area contributed by atoms with Gasteiger partial charge in [-0.1, -0.05) is 0 Å². The maximum Gasteiger partial charge on any atom is 0.329 e. The van der Waals surface area contributed by atoms with Crippen LogP contribution in [-0.2, 0) is 11.8 Å². The molecule has 1 aromatic carbocycles. The van der Waals surface area contributed by atoms with Gasteiger partial charge < -0.3 is 4.74 Å². The number of aryl methyl sites for hydroxylation is 2. The third-order valence-corrected chi connectivity index (χ3v) is 6.12. The minimum absolute atomic E-state index is 0.0213. The number of benzene rings is 1. The maximum absolute atomic E-state index is 13.0. The smallest absolute Gasteiger partial charge is 0.329 e. The molecule has 9 nitrogen and oxygen atoms in total. The summed E-state index contributed by atoms with van der Waals surface area (Å²) < 4.78 is 8.81. The summed E-state index contributed by atoms with van der Waals surface area (Å²) in [4.78, 5) is 40.0. The lowest BCUT2D eigenvalue weighted by molar-refractivity contribution is 0.0696. The van der Waals surface area contributed by atoms with Gasteiger partial charge in [-0.25, -0.2) is 9.78 Å². The van der Waals surface area contributed by atoms with E-state index in [2.05, 4.69) is 15.0 Å². The summed E-state index contributed by atoms with van der Waals surface area (Å²) in [7, 11) is 1.72. The molecule has 0 atom stereocenters. The first-order valence-electron chi connectivity index (χ1n) is 10.3. The molecule has 0 aliphatic carbocycles. The number of amides is 1. The lowest BCUT2D eigenvalue weighted by Crippen LogP contribution is -2.29. The van der Waals surface area contributed by atoms with Gasteiger partial charge in [0.15, 0.2) is 0 Å². The number of pyridine rings is 1. The van der Waals surface area contributed by atoms with Crippen LogP contribution >= 0.6 is 11.6 Å². The van der Waals surface area contributed by atoms with Gasteiger partial charge in [0, 0.05) is 44.8 Å². The van der Waals surface area contributed by atoms with Crippen molar-refractivity contribution in [2.24, 2.45) is 7.05 Å². The fraction of sp³-hybridized carbons (Fsp3) is 0.318. The number of fused-ring (bicyclic) bond motifs is 2. The Labute approximate surface area is 188 Å². The number of aromatic nitrogens is 5. The number of hydrogen-bond acceptors (Lipinski definition) is 6. The molecule has 3 aromatic heterocycles. The number of rotatable bonds is 3. The van der Waals surface area contributed by atoms with Gasteiger partial charge in [0.1, 0.15) is 5.82 Å². The summed E-state index contributed by atoms with van der Waals surface area (Å²) in [6.07, 6.45) is 6.31. The van der Waals surface area contributed by atoms with Crippen molar-refractivity contribution >= 4 is 50.5 Å². The highest BCUT2D eigenvalue weighted by molar-refractivity contribution is 6.67. The van der Waals surface area contributed by atoms with Crippen molar-refractivity contribution in [1.29, 1.82) is 0 Å². The van der Waals surface area contributed by atoms with Crippen LogP contribution in [-0.4, -0.2) is 42.7 Å². The van der Waals surface area contributed by atoms with Crippen LogP contribution in [0, 0.1) is 6.92 Å². The Hall–Kier alpha value is -3.30. The Kier molecular flexibility index (Phi) is 5.15. The molecule has 0 unspecified atom stereocenters. The minimum atomic E-state index is -0.709. The van der Waals surface area contributed by atoms with Crippen molar-refractivity contribution < 1.29 is 9.53 Å². The highest BCUT2D eigenvalue weighted by Crippen LogP contribution is 2.33. The first-order chi connectivity index (χ1) is 15.5. The van der Waals surface area contributed by atoms with Gasteiger partial charge in [-0.3, -0.25) is 28.8 Å². The van der Waals surface area contributed by atoms with Gasteiger partial charge in [-0.05, 0) is 49.1 Å². The van der Waals surface area contributed by atoms with Gasteiger partial charge >= 0.3 is 11.1 Å². The highest BCUT2D eigenvalue weighted by Gasteiger charge is 2.25. The molecule has 4 aromatic rings. The molecule has 0 N–H and O–H groups in total. The number of anilines is 2. The lowest BCUT2D eigenvalue weighted by atomic mass is 10.1. The third-order valence-electron chi connectivity index (χ3n) is 5.95. The number of carbonyl (C=O) groups excluding carboxylic acids is 1. The molecule has 0 spiro atoms. The fourth-order valence-electron chi connectivity index (χ4n) is 4.32. The van der Waals surface area contributed by atoms with Crippen molar-refractivity contribution in [3.8, 4) is 0 Å². The monoisotopic (exact) mass is 452 g/mol. The Morgan fingerprint density at radius 3 is 2.47 bits per heavy atom. The van der Waals surface area contributed by atoms with Crippen LogP contribution in [0.4, 0.5) is 16.3 Å². The van der Waals surface area contributed by atoms with E-state index in [0.717, 1.165) is 23.9 Å². The standard InChI is InChI=1S/C22H21ClN6O3/c1-13-9-15-16(25-6-5-24-15)10-17(13)29(21(23)30)20-11-18-19(12-26-20)27(2)22(31)28(18)14-3-7-32-8-4-14/h5-6,9-12,14H,3-4,7-8H2,1-2H3. The second-order valence-electron chi connectivity index (χ2n) is 7.86. The van der Waals surface area contributed by atoms with E-state index in [1.807, 2.05) is 13.0 Å². The number of hydrogen-bond donors (Lipinski definition) is 0. The zero-order valence-electron chi connectivity index (χ0n) is 17.7. The molecule has 4 heterocycles. The second-order valence-corrected chi connectivity index (χ2v) is 8.18. The number of carbonyl (C=O) groups is 1. The predicted molar refractivity (Wildman–Crippen MR) is 122 cm³/mol. The maximum atomic E-state index is 13.0. The Bertz CT molecular complexity index is 1410. The zero-order chi connectivity index (χ0) is 22.4. The predicted octanol–water partition coefficient (Wildman–Crippen LogP) is 3.84. The molecule has 0 radical (unpaired) electrons. The van der Waals surface area contributed by atoms with Gasteiger partial charge in [-0.15, -0.1) is 0 Å². The van der Waals surface area contributed by atoms with Gasteiger partial charge in [-0.2, -0.15) is 0 Å². The Morgan fingerprint density at radius 2 is 1.78 bits per heavy atom. The molecule has 10 heteroatoms. The third kappa shape index (κ3) is 3.34. The second kappa shape index (κ2) is 7.99. The van der Waals surface area contributed by atoms with E-state index in [0.29, 0.717) is 41.3 Å². The molecular weight excluding hydrogens is 432 g/mol. The molecule has 32 heavy (non-hydrogen) atoms.